The van der Waals surface area contributed by atoms with Gasteiger partial charge in [0, 0.05) is 23.2 Å². The summed E-state index contributed by atoms with van der Waals surface area (Å²) in [5.74, 6) is 1.36. The summed E-state index contributed by atoms with van der Waals surface area (Å²) < 4.78 is 10.8. The summed E-state index contributed by atoms with van der Waals surface area (Å²) in [4.78, 5) is 16.8. The van der Waals surface area contributed by atoms with Gasteiger partial charge in [0.05, 0.1) is 7.11 Å². The number of methoxy groups -OCH3 is 1. The molecule has 5 nitrogen and oxygen atoms in total. The minimum absolute atomic E-state index is 0.205. The lowest BCUT2D eigenvalue weighted by molar-refractivity contribution is 0.102. The van der Waals surface area contributed by atoms with Crippen LogP contribution in [-0.4, -0.2) is 18.0 Å². The van der Waals surface area contributed by atoms with Crippen LogP contribution in [0, 0.1) is 0 Å². The van der Waals surface area contributed by atoms with E-state index < -0.39 is 0 Å². The van der Waals surface area contributed by atoms with Crippen LogP contribution in [0.25, 0.3) is 11.1 Å². The molecule has 0 aliphatic heterocycles. The smallest absolute Gasteiger partial charge is 0.255 e. The van der Waals surface area contributed by atoms with E-state index in [1.54, 1.807) is 31.4 Å². The van der Waals surface area contributed by atoms with E-state index in [2.05, 4.69) is 10.3 Å². The number of carbonyl (C=O) groups is 1. The number of rotatable bonds is 4. The van der Waals surface area contributed by atoms with Gasteiger partial charge in [-0.15, -0.1) is 0 Å². The molecular formula is C18H18N2O3. The minimum Gasteiger partial charge on any atom is -0.497 e. The number of amides is 1. The molecule has 0 saturated carbocycles. The highest BCUT2D eigenvalue weighted by Gasteiger charge is 2.13. The third-order valence-electron chi connectivity index (χ3n) is 3.49. The van der Waals surface area contributed by atoms with E-state index in [0.717, 1.165) is 5.52 Å². The Morgan fingerprint density at radius 2 is 2.04 bits per heavy atom. The highest BCUT2D eigenvalue weighted by atomic mass is 16.5. The first-order valence-electron chi connectivity index (χ1n) is 7.42. The van der Waals surface area contributed by atoms with Crippen molar-refractivity contribution in [2.45, 2.75) is 19.8 Å². The van der Waals surface area contributed by atoms with Gasteiger partial charge in [-0.05, 0) is 30.3 Å². The van der Waals surface area contributed by atoms with Crippen LogP contribution in [0.2, 0.25) is 0 Å². The maximum Gasteiger partial charge on any atom is 0.255 e. The van der Waals surface area contributed by atoms with Gasteiger partial charge in [-0.3, -0.25) is 4.79 Å². The van der Waals surface area contributed by atoms with E-state index in [1.165, 1.54) is 0 Å². The number of hydrogen-bond donors (Lipinski definition) is 1. The molecule has 0 bridgehead atoms. The first-order valence-corrected chi connectivity index (χ1v) is 7.42. The predicted octanol–water partition coefficient (Wildman–Crippen LogP) is 4.21. The van der Waals surface area contributed by atoms with Gasteiger partial charge in [-0.1, -0.05) is 19.9 Å². The first-order chi connectivity index (χ1) is 11.1. The van der Waals surface area contributed by atoms with Gasteiger partial charge in [0.15, 0.2) is 11.5 Å². The van der Waals surface area contributed by atoms with Crippen LogP contribution >= 0.6 is 0 Å². The fraction of sp³-hybridized carbons (Fsp3) is 0.222. The Hall–Kier alpha value is -2.82. The monoisotopic (exact) mass is 310 g/mol. The fourth-order valence-corrected chi connectivity index (χ4v) is 2.23. The summed E-state index contributed by atoms with van der Waals surface area (Å²) in [5.41, 5.74) is 2.57. The molecule has 0 aliphatic rings. The SMILES string of the molecule is COc1cccc(NC(=O)c2ccc3nc(C(C)C)oc3c2)c1. The van der Waals surface area contributed by atoms with Gasteiger partial charge in [-0.25, -0.2) is 4.98 Å². The van der Waals surface area contributed by atoms with Crippen molar-refractivity contribution in [2.75, 3.05) is 12.4 Å². The Morgan fingerprint density at radius 1 is 1.22 bits per heavy atom. The average Bonchev–Trinajstić information content (AvgIpc) is 2.98. The second-order valence-electron chi connectivity index (χ2n) is 5.58. The largest absolute Gasteiger partial charge is 0.497 e. The standard InChI is InChI=1S/C18H18N2O3/c1-11(2)18-20-15-8-7-12(9-16(15)23-18)17(21)19-13-5-4-6-14(10-13)22-3/h4-11H,1-3H3,(H,19,21). The number of ether oxygens (including phenoxy) is 1. The molecule has 3 rings (SSSR count). The third-order valence-corrected chi connectivity index (χ3v) is 3.49. The number of fused-ring (bicyclic) bond motifs is 1. The highest BCUT2D eigenvalue weighted by Crippen LogP contribution is 2.23. The Balaban J connectivity index is 1.85. The van der Waals surface area contributed by atoms with Crippen LogP contribution in [0.1, 0.15) is 36.0 Å². The van der Waals surface area contributed by atoms with E-state index in [0.29, 0.717) is 28.5 Å². The molecule has 3 aromatic rings. The second kappa shape index (κ2) is 6.12. The van der Waals surface area contributed by atoms with Crippen LogP contribution in [0.3, 0.4) is 0 Å². The molecule has 0 aliphatic carbocycles. The molecule has 1 aromatic heterocycles. The summed E-state index contributed by atoms with van der Waals surface area (Å²) in [6.45, 7) is 4.03. The molecule has 0 atom stereocenters. The Labute approximate surface area is 134 Å². The number of aromatic nitrogens is 1. The summed E-state index contributed by atoms with van der Waals surface area (Å²) in [6.07, 6.45) is 0. The summed E-state index contributed by atoms with van der Waals surface area (Å²) in [5, 5.41) is 2.85. The van der Waals surface area contributed by atoms with Gasteiger partial charge in [0.25, 0.3) is 5.91 Å². The van der Waals surface area contributed by atoms with Crippen molar-refractivity contribution in [1.82, 2.24) is 4.98 Å². The number of anilines is 1. The highest BCUT2D eigenvalue weighted by molar-refractivity contribution is 6.05. The van der Waals surface area contributed by atoms with Crippen LogP contribution in [0.5, 0.6) is 5.75 Å². The lowest BCUT2D eigenvalue weighted by Gasteiger charge is -2.06. The molecule has 0 spiro atoms. The van der Waals surface area contributed by atoms with E-state index in [9.17, 15) is 4.79 Å². The summed E-state index contributed by atoms with van der Waals surface area (Å²) >= 11 is 0. The third kappa shape index (κ3) is 3.18. The van der Waals surface area contributed by atoms with Crippen molar-refractivity contribution in [1.29, 1.82) is 0 Å². The van der Waals surface area contributed by atoms with E-state index in [-0.39, 0.29) is 11.8 Å². The number of carbonyl (C=O) groups excluding carboxylic acids is 1. The summed E-state index contributed by atoms with van der Waals surface area (Å²) in [7, 11) is 1.59. The molecule has 0 unspecified atom stereocenters. The Kier molecular flexibility index (Phi) is 4.02. The molecule has 0 fully saturated rings. The molecule has 1 N–H and O–H groups in total. The zero-order chi connectivity index (χ0) is 16.4. The molecule has 1 amide bonds. The molecule has 0 radical (unpaired) electrons. The van der Waals surface area contributed by atoms with Crippen LogP contribution in [0.15, 0.2) is 46.9 Å². The number of nitrogens with zero attached hydrogens (tertiary/aromatic N) is 1. The maximum atomic E-state index is 12.4. The van der Waals surface area contributed by atoms with Gasteiger partial charge in [0.2, 0.25) is 0 Å². The lowest BCUT2D eigenvalue weighted by Crippen LogP contribution is -2.11. The van der Waals surface area contributed by atoms with E-state index in [1.807, 2.05) is 32.0 Å². The molecular weight excluding hydrogens is 292 g/mol. The molecule has 118 valence electrons. The van der Waals surface area contributed by atoms with E-state index >= 15 is 0 Å². The van der Waals surface area contributed by atoms with Crippen molar-refractivity contribution < 1.29 is 13.9 Å². The molecule has 5 heteroatoms. The molecule has 1 heterocycles. The van der Waals surface area contributed by atoms with Crippen LogP contribution in [-0.2, 0) is 0 Å². The zero-order valence-electron chi connectivity index (χ0n) is 13.3. The normalized spacial score (nSPS) is 11.0. The lowest BCUT2D eigenvalue weighted by atomic mass is 10.2. The molecule has 0 saturated heterocycles. The number of benzene rings is 2. The quantitative estimate of drug-likeness (QED) is 0.784. The zero-order valence-corrected chi connectivity index (χ0v) is 13.3. The fourth-order valence-electron chi connectivity index (χ4n) is 2.23. The number of hydrogen-bond acceptors (Lipinski definition) is 4. The van der Waals surface area contributed by atoms with Gasteiger partial charge < -0.3 is 14.5 Å². The van der Waals surface area contributed by atoms with Gasteiger partial charge in [0.1, 0.15) is 11.3 Å². The number of oxazole rings is 1. The first kappa shape index (κ1) is 15.1. The second-order valence-corrected chi connectivity index (χ2v) is 5.58. The number of nitrogens with one attached hydrogen (secondary N) is 1. The van der Waals surface area contributed by atoms with E-state index in [4.69, 9.17) is 9.15 Å². The molecule has 23 heavy (non-hydrogen) atoms. The average molecular weight is 310 g/mol. The minimum atomic E-state index is -0.206. The Morgan fingerprint density at radius 3 is 2.78 bits per heavy atom. The van der Waals surface area contributed by atoms with Crippen molar-refractivity contribution in [2.24, 2.45) is 0 Å². The Bertz CT molecular complexity index is 852. The maximum absolute atomic E-state index is 12.4. The summed E-state index contributed by atoms with van der Waals surface area (Å²) in [6, 6.07) is 12.5. The van der Waals surface area contributed by atoms with Crippen LogP contribution < -0.4 is 10.1 Å². The topological polar surface area (TPSA) is 64.4 Å². The van der Waals surface area contributed by atoms with Crippen molar-refractivity contribution in [3.05, 3.63) is 53.9 Å². The predicted molar refractivity (Wildman–Crippen MR) is 89.0 cm³/mol. The van der Waals surface area contributed by atoms with Crippen molar-refractivity contribution in [3.8, 4) is 5.75 Å². The van der Waals surface area contributed by atoms with Crippen molar-refractivity contribution >= 4 is 22.7 Å². The van der Waals surface area contributed by atoms with Gasteiger partial charge in [-0.2, -0.15) is 0 Å². The van der Waals surface area contributed by atoms with Gasteiger partial charge >= 0.3 is 0 Å². The van der Waals surface area contributed by atoms with Crippen molar-refractivity contribution in [3.63, 3.8) is 0 Å². The molecule has 2 aromatic carbocycles. The van der Waals surface area contributed by atoms with Crippen LogP contribution in [0.4, 0.5) is 5.69 Å².